The Balaban J connectivity index is 2.00. The lowest BCUT2D eigenvalue weighted by Crippen LogP contribution is -2.39. The van der Waals surface area contributed by atoms with Gasteiger partial charge in [0.2, 0.25) is 5.91 Å². The van der Waals surface area contributed by atoms with E-state index >= 15 is 0 Å². The van der Waals surface area contributed by atoms with Crippen LogP contribution >= 0.6 is 0 Å². The standard InChI is InChI=1S/C20H26N2O/c1-4-19(13-16-7-5-15(2)6-8-16)22(3)20(23)14-17-9-11-18(21)12-10-17/h5-12,19H,4,13-14,21H2,1-3H3. The molecule has 0 spiro atoms. The summed E-state index contributed by atoms with van der Waals surface area (Å²) >= 11 is 0. The van der Waals surface area contributed by atoms with Gasteiger partial charge in [-0.2, -0.15) is 0 Å². The summed E-state index contributed by atoms with van der Waals surface area (Å²) in [5.41, 5.74) is 9.94. The van der Waals surface area contributed by atoms with E-state index in [0.29, 0.717) is 6.42 Å². The summed E-state index contributed by atoms with van der Waals surface area (Å²) in [6.45, 7) is 4.22. The lowest BCUT2D eigenvalue weighted by Gasteiger charge is -2.27. The first-order valence-electron chi connectivity index (χ1n) is 8.15. The number of hydrogen-bond donors (Lipinski definition) is 1. The van der Waals surface area contributed by atoms with Crippen molar-refractivity contribution >= 4 is 11.6 Å². The molecular formula is C20H26N2O. The van der Waals surface area contributed by atoms with Gasteiger partial charge in [-0.05, 0) is 43.0 Å². The number of benzene rings is 2. The van der Waals surface area contributed by atoms with Crippen LogP contribution in [0.25, 0.3) is 0 Å². The Labute approximate surface area is 139 Å². The van der Waals surface area contributed by atoms with E-state index in [4.69, 9.17) is 5.73 Å². The maximum Gasteiger partial charge on any atom is 0.226 e. The Bertz CT molecular complexity index is 632. The van der Waals surface area contributed by atoms with Crippen molar-refractivity contribution in [3.8, 4) is 0 Å². The van der Waals surface area contributed by atoms with Gasteiger partial charge in [0.1, 0.15) is 0 Å². The molecule has 2 rings (SSSR count). The monoisotopic (exact) mass is 310 g/mol. The van der Waals surface area contributed by atoms with Gasteiger partial charge in [0, 0.05) is 18.8 Å². The Morgan fingerprint density at radius 1 is 1.04 bits per heavy atom. The van der Waals surface area contributed by atoms with Crippen LogP contribution in [0.5, 0.6) is 0 Å². The summed E-state index contributed by atoms with van der Waals surface area (Å²) in [7, 11) is 1.90. The number of carbonyl (C=O) groups is 1. The fourth-order valence-electron chi connectivity index (χ4n) is 2.69. The van der Waals surface area contributed by atoms with Crippen molar-refractivity contribution in [2.24, 2.45) is 0 Å². The summed E-state index contributed by atoms with van der Waals surface area (Å²) in [5.74, 6) is 0.147. The van der Waals surface area contributed by atoms with Gasteiger partial charge in [-0.25, -0.2) is 0 Å². The molecule has 0 aromatic heterocycles. The minimum Gasteiger partial charge on any atom is -0.399 e. The van der Waals surface area contributed by atoms with Crippen molar-refractivity contribution in [3.63, 3.8) is 0 Å². The van der Waals surface area contributed by atoms with Gasteiger partial charge in [-0.1, -0.05) is 48.9 Å². The minimum atomic E-state index is 0.147. The lowest BCUT2D eigenvalue weighted by atomic mass is 10.0. The SMILES string of the molecule is CCC(Cc1ccc(C)cc1)N(C)C(=O)Cc1ccc(N)cc1. The van der Waals surface area contributed by atoms with Crippen LogP contribution < -0.4 is 5.73 Å². The Morgan fingerprint density at radius 3 is 2.17 bits per heavy atom. The summed E-state index contributed by atoms with van der Waals surface area (Å²) in [6.07, 6.45) is 2.25. The summed E-state index contributed by atoms with van der Waals surface area (Å²) in [4.78, 5) is 14.4. The number of likely N-dealkylation sites (N-methyl/N-ethyl adjacent to an activating group) is 1. The normalized spacial score (nSPS) is 12.0. The van der Waals surface area contributed by atoms with Crippen LogP contribution in [0.3, 0.4) is 0 Å². The number of hydrogen-bond acceptors (Lipinski definition) is 2. The molecule has 122 valence electrons. The largest absolute Gasteiger partial charge is 0.399 e. The number of aryl methyl sites for hydroxylation is 1. The van der Waals surface area contributed by atoms with Gasteiger partial charge >= 0.3 is 0 Å². The number of nitrogens with two attached hydrogens (primary N) is 1. The smallest absolute Gasteiger partial charge is 0.226 e. The zero-order chi connectivity index (χ0) is 16.8. The van der Waals surface area contributed by atoms with Crippen molar-refractivity contribution in [1.82, 2.24) is 4.90 Å². The molecule has 0 heterocycles. The lowest BCUT2D eigenvalue weighted by molar-refractivity contribution is -0.131. The number of amides is 1. The maximum atomic E-state index is 12.5. The van der Waals surface area contributed by atoms with Crippen molar-refractivity contribution in [1.29, 1.82) is 0 Å². The van der Waals surface area contributed by atoms with Crippen LogP contribution in [-0.4, -0.2) is 23.9 Å². The molecule has 1 unspecified atom stereocenters. The molecule has 0 radical (unpaired) electrons. The van der Waals surface area contributed by atoms with Gasteiger partial charge in [0.15, 0.2) is 0 Å². The van der Waals surface area contributed by atoms with E-state index in [-0.39, 0.29) is 11.9 Å². The van der Waals surface area contributed by atoms with Gasteiger partial charge in [-0.15, -0.1) is 0 Å². The molecule has 3 nitrogen and oxygen atoms in total. The fourth-order valence-corrected chi connectivity index (χ4v) is 2.69. The average Bonchev–Trinajstić information content (AvgIpc) is 2.55. The minimum absolute atomic E-state index is 0.147. The molecule has 0 aliphatic rings. The molecule has 2 aromatic carbocycles. The van der Waals surface area contributed by atoms with Crippen LogP contribution in [0.4, 0.5) is 5.69 Å². The Hall–Kier alpha value is -2.29. The van der Waals surface area contributed by atoms with Crippen molar-refractivity contribution in [2.45, 2.75) is 39.2 Å². The molecule has 1 atom stereocenters. The van der Waals surface area contributed by atoms with Crippen molar-refractivity contribution < 1.29 is 4.79 Å². The molecule has 23 heavy (non-hydrogen) atoms. The van der Waals surface area contributed by atoms with Crippen LogP contribution in [0.1, 0.15) is 30.0 Å². The highest BCUT2D eigenvalue weighted by molar-refractivity contribution is 5.79. The van der Waals surface area contributed by atoms with E-state index < -0.39 is 0 Å². The van der Waals surface area contributed by atoms with E-state index in [0.717, 1.165) is 24.1 Å². The molecule has 0 aliphatic carbocycles. The quantitative estimate of drug-likeness (QED) is 0.829. The summed E-state index contributed by atoms with van der Waals surface area (Å²) < 4.78 is 0. The first-order valence-corrected chi connectivity index (χ1v) is 8.15. The van der Waals surface area contributed by atoms with Crippen LogP contribution in [0.15, 0.2) is 48.5 Å². The van der Waals surface area contributed by atoms with E-state index in [1.807, 2.05) is 36.2 Å². The second-order valence-corrected chi connectivity index (χ2v) is 6.17. The third-order valence-corrected chi connectivity index (χ3v) is 4.34. The maximum absolute atomic E-state index is 12.5. The highest BCUT2D eigenvalue weighted by atomic mass is 16.2. The zero-order valence-electron chi connectivity index (χ0n) is 14.3. The predicted molar refractivity (Wildman–Crippen MR) is 96.3 cm³/mol. The third-order valence-electron chi connectivity index (χ3n) is 4.34. The van der Waals surface area contributed by atoms with E-state index in [1.165, 1.54) is 11.1 Å². The molecule has 0 saturated carbocycles. The third kappa shape index (κ3) is 4.85. The van der Waals surface area contributed by atoms with Crippen molar-refractivity contribution in [2.75, 3.05) is 12.8 Å². The zero-order valence-corrected chi connectivity index (χ0v) is 14.3. The highest BCUT2D eigenvalue weighted by Crippen LogP contribution is 2.14. The average molecular weight is 310 g/mol. The second-order valence-electron chi connectivity index (χ2n) is 6.17. The van der Waals surface area contributed by atoms with Crippen LogP contribution in [0.2, 0.25) is 0 Å². The van der Waals surface area contributed by atoms with Crippen LogP contribution in [0, 0.1) is 6.92 Å². The topological polar surface area (TPSA) is 46.3 Å². The first-order chi connectivity index (χ1) is 11.0. The molecular weight excluding hydrogens is 284 g/mol. The summed E-state index contributed by atoms with van der Waals surface area (Å²) in [6, 6.07) is 16.3. The van der Waals surface area contributed by atoms with Gasteiger partial charge < -0.3 is 10.6 Å². The molecule has 0 fully saturated rings. The van der Waals surface area contributed by atoms with Crippen molar-refractivity contribution in [3.05, 3.63) is 65.2 Å². The highest BCUT2D eigenvalue weighted by Gasteiger charge is 2.19. The number of rotatable bonds is 6. The molecule has 2 N–H and O–H groups in total. The molecule has 0 saturated heterocycles. The number of nitrogen functional groups attached to an aromatic ring is 1. The Morgan fingerprint density at radius 2 is 1.61 bits per heavy atom. The molecule has 0 bridgehead atoms. The number of carbonyl (C=O) groups excluding carboxylic acids is 1. The van der Waals surface area contributed by atoms with Gasteiger partial charge in [0.05, 0.1) is 6.42 Å². The van der Waals surface area contributed by atoms with E-state index in [1.54, 1.807) is 0 Å². The first kappa shape index (κ1) is 17.1. The summed E-state index contributed by atoms with van der Waals surface area (Å²) in [5, 5.41) is 0. The second kappa shape index (κ2) is 7.82. The molecule has 0 aliphatic heterocycles. The van der Waals surface area contributed by atoms with Gasteiger partial charge in [0.25, 0.3) is 0 Å². The number of anilines is 1. The van der Waals surface area contributed by atoms with Gasteiger partial charge in [-0.3, -0.25) is 4.79 Å². The predicted octanol–water partition coefficient (Wildman–Crippen LogP) is 3.60. The van der Waals surface area contributed by atoms with Crippen LogP contribution in [-0.2, 0) is 17.6 Å². The number of nitrogens with zero attached hydrogens (tertiary/aromatic N) is 1. The molecule has 3 heteroatoms. The Kier molecular flexibility index (Phi) is 5.80. The molecule has 2 aromatic rings. The van der Waals surface area contributed by atoms with E-state index in [2.05, 4.69) is 38.1 Å². The molecule has 1 amide bonds. The van der Waals surface area contributed by atoms with E-state index in [9.17, 15) is 4.79 Å². The fraction of sp³-hybridized carbons (Fsp3) is 0.350.